The third-order valence-electron chi connectivity index (χ3n) is 5.31. The van der Waals surface area contributed by atoms with Crippen LogP contribution in [0.5, 0.6) is 5.75 Å². The van der Waals surface area contributed by atoms with Crippen LogP contribution in [-0.2, 0) is 35.2 Å². The van der Waals surface area contributed by atoms with E-state index in [1.165, 1.54) is 24.3 Å². The van der Waals surface area contributed by atoms with E-state index in [9.17, 15) is 44.1 Å². The van der Waals surface area contributed by atoms with Crippen LogP contribution in [-0.4, -0.2) is 92.7 Å². The van der Waals surface area contributed by atoms with Gasteiger partial charge in [0.15, 0.2) is 5.96 Å². The van der Waals surface area contributed by atoms with E-state index < -0.39 is 72.6 Å². The maximum atomic E-state index is 13.1. The molecule has 0 fully saturated rings. The first-order valence-corrected chi connectivity index (χ1v) is 11.9. The predicted molar refractivity (Wildman–Crippen MR) is 138 cm³/mol. The van der Waals surface area contributed by atoms with E-state index in [2.05, 4.69) is 20.9 Å². The Morgan fingerprint density at radius 2 is 1.30 bits per heavy atom. The van der Waals surface area contributed by atoms with Crippen molar-refractivity contribution in [3.05, 3.63) is 29.8 Å². The molecule has 0 aliphatic rings. The summed E-state index contributed by atoms with van der Waals surface area (Å²) in [6, 6.07) is -0.727. The van der Waals surface area contributed by atoms with E-state index in [0.29, 0.717) is 5.56 Å². The molecule has 4 unspecified atom stereocenters. The predicted octanol–water partition coefficient (Wildman–Crippen LogP) is -3.20. The number of rotatable bonds is 17. The molecule has 0 heterocycles. The van der Waals surface area contributed by atoms with Crippen molar-refractivity contribution in [2.45, 2.75) is 56.3 Å². The lowest BCUT2D eigenvalue weighted by Crippen LogP contribution is -2.58. The Kier molecular flexibility index (Phi) is 13.3. The van der Waals surface area contributed by atoms with Gasteiger partial charge in [-0.3, -0.25) is 29.0 Å². The van der Waals surface area contributed by atoms with Gasteiger partial charge in [-0.25, -0.2) is 4.79 Å². The molecule has 0 aliphatic heterocycles. The fourth-order valence-corrected chi connectivity index (χ4v) is 3.33. The van der Waals surface area contributed by atoms with E-state index in [-0.39, 0.29) is 37.5 Å². The molecule has 0 bridgehead atoms. The number of nitrogens with two attached hydrogens (primary N) is 3. The molecule has 220 valence electrons. The average Bonchev–Trinajstić information content (AvgIpc) is 2.85. The van der Waals surface area contributed by atoms with E-state index in [1.807, 2.05) is 0 Å². The molecule has 0 spiro atoms. The van der Waals surface area contributed by atoms with E-state index >= 15 is 0 Å². The first-order chi connectivity index (χ1) is 18.7. The highest BCUT2D eigenvalue weighted by atomic mass is 16.4. The molecule has 4 atom stereocenters. The summed E-state index contributed by atoms with van der Waals surface area (Å²) in [5.41, 5.74) is 16.4. The number of aromatic hydroxyl groups is 1. The number of phenolic OH excluding ortho intramolecular Hbond substituents is 1. The Balaban J connectivity index is 3.11. The van der Waals surface area contributed by atoms with Crippen LogP contribution in [0.2, 0.25) is 0 Å². The lowest BCUT2D eigenvalue weighted by atomic mass is 10.0. The highest BCUT2D eigenvalue weighted by Crippen LogP contribution is 2.12. The summed E-state index contributed by atoms with van der Waals surface area (Å²) in [6.07, 6.45) is -1.86. The summed E-state index contributed by atoms with van der Waals surface area (Å²) >= 11 is 0. The van der Waals surface area contributed by atoms with Gasteiger partial charge in [0.2, 0.25) is 17.7 Å². The monoisotopic (exact) mass is 567 g/mol. The van der Waals surface area contributed by atoms with Crippen molar-refractivity contribution in [1.29, 1.82) is 0 Å². The van der Waals surface area contributed by atoms with Crippen molar-refractivity contribution in [3.8, 4) is 5.75 Å². The number of carboxylic acids is 3. The SMILES string of the molecule is NC(N)=NCCCC(NC(=O)C(CC(=O)O)NC(=O)C(Cc1ccc(O)cc1)NC(=O)C(N)CC(=O)O)C(=O)O. The van der Waals surface area contributed by atoms with Gasteiger partial charge in [0.25, 0.3) is 0 Å². The molecule has 0 aromatic heterocycles. The van der Waals surface area contributed by atoms with Crippen molar-refractivity contribution in [2.75, 3.05) is 6.54 Å². The normalized spacial score (nSPS) is 13.5. The highest BCUT2D eigenvalue weighted by Gasteiger charge is 2.32. The summed E-state index contributed by atoms with van der Waals surface area (Å²) in [4.78, 5) is 76.0. The van der Waals surface area contributed by atoms with Crippen molar-refractivity contribution in [3.63, 3.8) is 0 Å². The topological polar surface area (TPSA) is 310 Å². The molecule has 0 saturated carbocycles. The van der Waals surface area contributed by atoms with Crippen molar-refractivity contribution in [1.82, 2.24) is 16.0 Å². The number of amides is 3. The molecule has 1 rings (SSSR count). The van der Waals surface area contributed by atoms with Gasteiger partial charge >= 0.3 is 17.9 Å². The maximum Gasteiger partial charge on any atom is 0.326 e. The van der Waals surface area contributed by atoms with Crippen LogP contribution < -0.4 is 33.2 Å². The third-order valence-corrected chi connectivity index (χ3v) is 5.31. The first-order valence-electron chi connectivity index (χ1n) is 11.9. The highest BCUT2D eigenvalue weighted by molar-refractivity contribution is 5.96. The van der Waals surface area contributed by atoms with Crippen LogP contribution in [0.3, 0.4) is 0 Å². The Morgan fingerprint density at radius 1 is 0.775 bits per heavy atom. The zero-order chi connectivity index (χ0) is 30.4. The molecule has 0 radical (unpaired) electrons. The smallest absolute Gasteiger partial charge is 0.326 e. The Bertz CT molecular complexity index is 1110. The number of carbonyl (C=O) groups is 6. The number of benzene rings is 1. The second-order valence-electron chi connectivity index (χ2n) is 8.64. The van der Waals surface area contributed by atoms with Gasteiger partial charge < -0.3 is 53.6 Å². The molecule has 0 saturated heterocycles. The molecule has 3 amide bonds. The van der Waals surface area contributed by atoms with Gasteiger partial charge in [-0.1, -0.05) is 12.1 Å². The van der Waals surface area contributed by atoms with Gasteiger partial charge in [0.05, 0.1) is 18.9 Å². The average molecular weight is 568 g/mol. The number of hydrogen-bond donors (Lipinski definition) is 10. The molecule has 13 N–H and O–H groups in total. The number of phenols is 1. The minimum atomic E-state index is -1.75. The van der Waals surface area contributed by atoms with E-state index in [4.69, 9.17) is 22.3 Å². The lowest BCUT2D eigenvalue weighted by Gasteiger charge is -2.24. The van der Waals surface area contributed by atoms with Crippen molar-refractivity contribution >= 4 is 41.6 Å². The summed E-state index contributed by atoms with van der Waals surface area (Å²) in [7, 11) is 0. The fraction of sp³-hybridized carbons (Fsp3) is 0.435. The quantitative estimate of drug-likeness (QED) is 0.0504. The number of guanidine groups is 1. The van der Waals surface area contributed by atoms with Crippen LogP contribution in [0, 0.1) is 0 Å². The zero-order valence-electron chi connectivity index (χ0n) is 21.3. The molecule has 0 aliphatic carbocycles. The number of carbonyl (C=O) groups excluding carboxylic acids is 3. The minimum absolute atomic E-state index is 0.0694. The summed E-state index contributed by atoms with van der Waals surface area (Å²) in [5, 5.41) is 43.7. The van der Waals surface area contributed by atoms with Crippen LogP contribution >= 0.6 is 0 Å². The third kappa shape index (κ3) is 12.5. The maximum absolute atomic E-state index is 13.1. The van der Waals surface area contributed by atoms with Gasteiger partial charge in [-0.2, -0.15) is 0 Å². The molecule has 17 heteroatoms. The molecule has 17 nitrogen and oxygen atoms in total. The standard InChI is InChI=1S/C23H33N7O10/c24-13(9-17(32)33)19(36)29-15(8-11-3-5-12(31)6-4-11)20(37)30-16(10-18(34)35)21(38)28-14(22(39)40)2-1-7-27-23(25)26/h3-6,13-16,31H,1-2,7-10,24H2,(H,28,38)(H,29,36)(H,30,37)(H,32,33)(H,34,35)(H,39,40)(H4,25,26,27). The largest absolute Gasteiger partial charge is 0.508 e. The Labute approximate surface area is 227 Å². The first kappa shape index (κ1) is 33.1. The lowest BCUT2D eigenvalue weighted by molar-refractivity contribution is -0.143. The number of aliphatic imine (C=N–C) groups is 1. The summed E-state index contributed by atoms with van der Waals surface area (Å²) < 4.78 is 0. The number of nitrogens with zero attached hydrogens (tertiary/aromatic N) is 1. The fourth-order valence-electron chi connectivity index (χ4n) is 3.33. The van der Waals surface area contributed by atoms with Gasteiger partial charge in [0, 0.05) is 13.0 Å². The van der Waals surface area contributed by atoms with Crippen LogP contribution in [0.25, 0.3) is 0 Å². The van der Waals surface area contributed by atoms with Gasteiger partial charge in [-0.05, 0) is 30.5 Å². The summed E-state index contributed by atoms with van der Waals surface area (Å²) in [6.45, 7) is 0.0694. The summed E-state index contributed by atoms with van der Waals surface area (Å²) in [5.74, 6) is -7.75. The number of nitrogens with one attached hydrogen (secondary N) is 3. The van der Waals surface area contributed by atoms with Gasteiger partial charge in [0.1, 0.15) is 23.9 Å². The molecular formula is C23H33N7O10. The van der Waals surface area contributed by atoms with Crippen LogP contribution in [0.1, 0.15) is 31.2 Å². The minimum Gasteiger partial charge on any atom is -0.508 e. The second kappa shape index (κ2) is 16.1. The molecule has 40 heavy (non-hydrogen) atoms. The zero-order valence-corrected chi connectivity index (χ0v) is 21.3. The molecular weight excluding hydrogens is 534 g/mol. The molecule has 1 aromatic carbocycles. The van der Waals surface area contributed by atoms with Crippen LogP contribution in [0.4, 0.5) is 0 Å². The Morgan fingerprint density at radius 3 is 1.82 bits per heavy atom. The second-order valence-corrected chi connectivity index (χ2v) is 8.64. The number of carboxylic acid groups (broad SMARTS) is 3. The van der Waals surface area contributed by atoms with E-state index in [0.717, 1.165) is 0 Å². The van der Waals surface area contributed by atoms with Crippen LogP contribution in [0.15, 0.2) is 29.3 Å². The Hall–Kier alpha value is -4.93. The van der Waals surface area contributed by atoms with E-state index in [1.54, 1.807) is 0 Å². The van der Waals surface area contributed by atoms with Gasteiger partial charge in [-0.15, -0.1) is 0 Å². The molecule has 1 aromatic rings. The van der Waals surface area contributed by atoms with Crippen molar-refractivity contribution < 1.29 is 49.2 Å². The number of aliphatic carboxylic acids is 3. The van der Waals surface area contributed by atoms with Crippen molar-refractivity contribution in [2.24, 2.45) is 22.2 Å². The number of hydrogen-bond acceptors (Lipinski definition) is 9.